The zero-order valence-corrected chi connectivity index (χ0v) is 22.8. The van der Waals surface area contributed by atoms with Crippen LogP contribution in [0.1, 0.15) is 56.1 Å². The van der Waals surface area contributed by atoms with Gasteiger partial charge in [0.05, 0.1) is 46.5 Å². The van der Waals surface area contributed by atoms with Gasteiger partial charge in [0.15, 0.2) is 17.3 Å². The van der Waals surface area contributed by atoms with E-state index < -0.39 is 11.9 Å². The maximum absolute atomic E-state index is 14.0. The van der Waals surface area contributed by atoms with Crippen LogP contribution in [0.15, 0.2) is 58.9 Å². The SMILES string of the molecule is CCCOC(=O)C1=C(C)NC2=C(C(=O)C[C@H](c3ccccc3OC)C2)[C@H]1c1ccc(OC)c(OC)c1OC. The lowest BCUT2D eigenvalue weighted by molar-refractivity contribution is -0.139. The van der Waals surface area contributed by atoms with E-state index in [4.69, 9.17) is 23.7 Å². The van der Waals surface area contributed by atoms with Gasteiger partial charge in [0.25, 0.3) is 0 Å². The molecule has 0 saturated heterocycles. The highest BCUT2D eigenvalue weighted by Gasteiger charge is 2.43. The van der Waals surface area contributed by atoms with Crippen molar-refractivity contribution in [2.45, 2.75) is 44.9 Å². The molecule has 4 rings (SSSR count). The highest BCUT2D eigenvalue weighted by atomic mass is 16.5. The van der Waals surface area contributed by atoms with E-state index in [1.165, 1.54) is 14.2 Å². The van der Waals surface area contributed by atoms with Gasteiger partial charge < -0.3 is 29.0 Å². The summed E-state index contributed by atoms with van der Waals surface area (Å²) in [5.74, 6) is 0.740. The average molecular weight is 522 g/mol. The quantitative estimate of drug-likeness (QED) is 0.459. The summed E-state index contributed by atoms with van der Waals surface area (Å²) in [6.45, 7) is 4.05. The molecule has 1 heterocycles. The van der Waals surface area contributed by atoms with Gasteiger partial charge in [-0.25, -0.2) is 4.79 Å². The van der Waals surface area contributed by atoms with Gasteiger partial charge in [-0.1, -0.05) is 31.2 Å². The van der Waals surface area contributed by atoms with Crippen LogP contribution in [-0.4, -0.2) is 46.8 Å². The van der Waals surface area contributed by atoms with Crippen LogP contribution in [0.25, 0.3) is 0 Å². The van der Waals surface area contributed by atoms with E-state index in [-0.39, 0.29) is 24.7 Å². The number of hydrogen-bond donors (Lipinski definition) is 1. The van der Waals surface area contributed by atoms with E-state index in [1.54, 1.807) is 20.3 Å². The van der Waals surface area contributed by atoms with Crippen molar-refractivity contribution >= 4 is 11.8 Å². The normalized spacial score (nSPS) is 18.9. The molecule has 0 bridgehead atoms. The Morgan fingerprint density at radius 2 is 1.61 bits per heavy atom. The lowest BCUT2D eigenvalue weighted by Crippen LogP contribution is -2.36. The minimum atomic E-state index is -0.698. The molecule has 8 heteroatoms. The Morgan fingerprint density at radius 3 is 2.26 bits per heavy atom. The number of para-hydroxylation sites is 1. The molecule has 1 N–H and O–H groups in total. The van der Waals surface area contributed by atoms with Crippen LogP contribution < -0.4 is 24.3 Å². The van der Waals surface area contributed by atoms with E-state index in [9.17, 15) is 9.59 Å². The zero-order chi connectivity index (χ0) is 27.4. The Balaban J connectivity index is 1.89. The zero-order valence-electron chi connectivity index (χ0n) is 22.8. The molecule has 2 aromatic carbocycles. The van der Waals surface area contributed by atoms with Crippen LogP contribution in [0.4, 0.5) is 0 Å². The summed E-state index contributed by atoms with van der Waals surface area (Å²) in [6.07, 6.45) is 1.55. The molecular formula is C30H35NO7. The highest BCUT2D eigenvalue weighted by molar-refractivity contribution is 6.04. The molecule has 0 aromatic heterocycles. The minimum Gasteiger partial charge on any atom is -0.496 e. The molecule has 202 valence electrons. The number of ether oxygens (including phenoxy) is 5. The second-order valence-corrected chi connectivity index (χ2v) is 9.32. The van der Waals surface area contributed by atoms with E-state index in [0.29, 0.717) is 52.5 Å². The number of nitrogens with one attached hydrogen (secondary N) is 1. The van der Waals surface area contributed by atoms with Gasteiger partial charge in [-0.3, -0.25) is 4.79 Å². The first-order valence-corrected chi connectivity index (χ1v) is 12.7. The molecule has 0 radical (unpaired) electrons. The van der Waals surface area contributed by atoms with Crippen molar-refractivity contribution in [1.82, 2.24) is 5.32 Å². The molecule has 0 saturated carbocycles. The lowest BCUT2D eigenvalue weighted by atomic mass is 9.71. The first kappa shape index (κ1) is 27.1. The Bertz CT molecular complexity index is 1290. The summed E-state index contributed by atoms with van der Waals surface area (Å²) in [5.41, 5.74) is 3.95. The molecular weight excluding hydrogens is 486 g/mol. The first-order valence-electron chi connectivity index (χ1n) is 12.7. The molecule has 0 unspecified atom stereocenters. The maximum Gasteiger partial charge on any atom is 0.336 e. The van der Waals surface area contributed by atoms with Crippen LogP contribution in [0.3, 0.4) is 0 Å². The van der Waals surface area contributed by atoms with Crippen LogP contribution in [0, 0.1) is 0 Å². The first-order chi connectivity index (χ1) is 18.4. The molecule has 8 nitrogen and oxygen atoms in total. The summed E-state index contributed by atoms with van der Waals surface area (Å²) >= 11 is 0. The van der Waals surface area contributed by atoms with Crippen molar-refractivity contribution in [3.05, 3.63) is 70.1 Å². The molecule has 0 amide bonds. The predicted molar refractivity (Wildman–Crippen MR) is 143 cm³/mol. The molecule has 1 aliphatic carbocycles. The minimum absolute atomic E-state index is 0.0511. The third-order valence-corrected chi connectivity index (χ3v) is 7.11. The number of benzene rings is 2. The van der Waals surface area contributed by atoms with Gasteiger partial charge in [-0.2, -0.15) is 0 Å². The van der Waals surface area contributed by atoms with Gasteiger partial charge in [0.1, 0.15) is 5.75 Å². The number of esters is 1. The van der Waals surface area contributed by atoms with Crippen LogP contribution >= 0.6 is 0 Å². The number of methoxy groups -OCH3 is 4. The summed E-state index contributed by atoms with van der Waals surface area (Å²) in [7, 11) is 6.23. The van der Waals surface area contributed by atoms with Crippen molar-refractivity contribution in [2.24, 2.45) is 0 Å². The van der Waals surface area contributed by atoms with E-state index in [1.807, 2.05) is 44.2 Å². The number of ketones is 1. The fourth-order valence-electron chi connectivity index (χ4n) is 5.47. The van der Waals surface area contributed by atoms with Crippen molar-refractivity contribution < 1.29 is 33.3 Å². The lowest BCUT2D eigenvalue weighted by Gasteiger charge is -2.37. The van der Waals surface area contributed by atoms with Crippen molar-refractivity contribution in [3.8, 4) is 23.0 Å². The smallest absolute Gasteiger partial charge is 0.336 e. The predicted octanol–water partition coefficient (Wildman–Crippen LogP) is 5.04. The molecule has 0 spiro atoms. The highest BCUT2D eigenvalue weighted by Crippen LogP contribution is 2.51. The Kier molecular flexibility index (Phi) is 8.29. The number of hydrogen-bond acceptors (Lipinski definition) is 8. The van der Waals surface area contributed by atoms with Crippen LogP contribution in [0.5, 0.6) is 23.0 Å². The van der Waals surface area contributed by atoms with E-state index in [0.717, 1.165) is 17.0 Å². The number of dihydropyridines is 1. The van der Waals surface area contributed by atoms with E-state index >= 15 is 0 Å². The van der Waals surface area contributed by atoms with Gasteiger partial charge in [0, 0.05) is 34.9 Å². The number of carbonyl (C=O) groups is 2. The summed E-state index contributed by atoms with van der Waals surface area (Å²) < 4.78 is 28.1. The second-order valence-electron chi connectivity index (χ2n) is 9.32. The number of allylic oxidation sites excluding steroid dienone is 3. The number of rotatable bonds is 9. The van der Waals surface area contributed by atoms with Crippen molar-refractivity contribution in [2.75, 3.05) is 35.0 Å². The largest absolute Gasteiger partial charge is 0.496 e. The molecule has 38 heavy (non-hydrogen) atoms. The fraction of sp³-hybridized carbons (Fsp3) is 0.400. The van der Waals surface area contributed by atoms with E-state index in [2.05, 4.69) is 5.32 Å². The summed E-state index contributed by atoms with van der Waals surface area (Å²) in [5, 5.41) is 3.38. The van der Waals surface area contributed by atoms with Gasteiger partial charge in [0.2, 0.25) is 5.75 Å². The molecule has 0 fully saturated rings. The summed E-state index contributed by atoms with van der Waals surface area (Å²) in [4.78, 5) is 27.4. The van der Waals surface area contributed by atoms with Gasteiger partial charge in [-0.05, 0) is 37.5 Å². The fourth-order valence-corrected chi connectivity index (χ4v) is 5.47. The van der Waals surface area contributed by atoms with Gasteiger partial charge in [-0.15, -0.1) is 0 Å². The van der Waals surface area contributed by atoms with Crippen LogP contribution in [0.2, 0.25) is 0 Å². The Labute approximate surface area is 223 Å². The topological polar surface area (TPSA) is 92.3 Å². The average Bonchev–Trinajstić information content (AvgIpc) is 2.93. The standard InChI is InChI=1S/C30H35NO7/c1-7-14-38-30(33)25-17(2)31-21-15-18(19-10-8-9-11-23(19)34-3)16-22(32)27(21)26(25)20-12-13-24(35-4)29(37-6)28(20)36-5/h8-13,18,26,31H,7,14-16H2,1-6H3/t18-,26+/m1/s1. The third-order valence-electron chi connectivity index (χ3n) is 7.11. The monoisotopic (exact) mass is 521 g/mol. The van der Waals surface area contributed by atoms with Crippen molar-refractivity contribution in [1.29, 1.82) is 0 Å². The van der Waals surface area contributed by atoms with Crippen LogP contribution in [-0.2, 0) is 14.3 Å². The second kappa shape index (κ2) is 11.6. The maximum atomic E-state index is 14.0. The molecule has 2 aromatic rings. The summed E-state index contributed by atoms with van der Waals surface area (Å²) in [6, 6.07) is 11.3. The van der Waals surface area contributed by atoms with Crippen molar-refractivity contribution in [3.63, 3.8) is 0 Å². The Morgan fingerprint density at radius 1 is 0.895 bits per heavy atom. The molecule has 2 aliphatic rings. The molecule has 2 atom stereocenters. The number of Topliss-reactive ketones (excluding diaryl/α,β-unsaturated/α-hetero) is 1. The molecule has 1 aliphatic heterocycles. The Hall–Kier alpha value is -3.94. The van der Waals surface area contributed by atoms with Gasteiger partial charge >= 0.3 is 5.97 Å². The number of carbonyl (C=O) groups excluding carboxylic acids is 2. The third kappa shape index (κ3) is 4.83.